The fraction of sp³-hybridized carbons (Fsp3) is 0.0909. The number of nitrogens with one attached hydrogen (secondary N) is 1. The third-order valence-corrected chi connectivity index (χ3v) is 4.32. The highest BCUT2D eigenvalue weighted by molar-refractivity contribution is 6.06. The average Bonchev–Trinajstić information content (AvgIpc) is 3.17. The van der Waals surface area contributed by atoms with Gasteiger partial charge in [-0.05, 0) is 42.5 Å². The number of rotatable bonds is 5. The van der Waals surface area contributed by atoms with Crippen molar-refractivity contribution in [2.45, 2.75) is 0 Å². The molecular weight excluding hydrogens is 356 g/mol. The summed E-state index contributed by atoms with van der Waals surface area (Å²) < 4.78 is 16.3. The van der Waals surface area contributed by atoms with E-state index in [0.717, 1.165) is 5.56 Å². The molecule has 0 bridgehead atoms. The second-order valence-corrected chi connectivity index (χ2v) is 6.09. The van der Waals surface area contributed by atoms with Crippen LogP contribution in [-0.2, 0) is 0 Å². The molecular formula is C22H18N2O4. The van der Waals surface area contributed by atoms with Gasteiger partial charge in [-0.25, -0.2) is 4.98 Å². The molecule has 3 aromatic carbocycles. The van der Waals surface area contributed by atoms with Crippen molar-refractivity contribution in [2.75, 3.05) is 19.5 Å². The third kappa shape index (κ3) is 3.40. The Kier molecular flexibility index (Phi) is 4.68. The molecule has 0 aliphatic rings. The number of methoxy groups -OCH3 is 2. The highest BCUT2D eigenvalue weighted by atomic mass is 16.5. The molecule has 0 fully saturated rings. The van der Waals surface area contributed by atoms with Crippen LogP contribution in [0.3, 0.4) is 0 Å². The summed E-state index contributed by atoms with van der Waals surface area (Å²) in [4.78, 5) is 17.2. The molecule has 0 aliphatic carbocycles. The Balaban J connectivity index is 1.60. The Labute approximate surface area is 161 Å². The summed E-state index contributed by atoms with van der Waals surface area (Å²) in [6.45, 7) is 0. The van der Waals surface area contributed by atoms with E-state index in [9.17, 15) is 4.79 Å². The topological polar surface area (TPSA) is 73.6 Å². The number of hydrogen-bond donors (Lipinski definition) is 1. The summed E-state index contributed by atoms with van der Waals surface area (Å²) in [5.41, 5.74) is 3.24. The van der Waals surface area contributed by atoms with E-state index in [-0.39, 0.29) is 5.91 Å². The van der Waals surface area contributed by atoms with E-state index in [2.05, 4.69) is 10.3 Å². The van der Waals surface area contributed by atoms with Crippen LogP contribution >= 0.6 is 0 Å². The summed E-state index contributed by atoms with van der Waals surface area (Å²) in [6.07, 6.45) is 0. The minimum absolute atomic E-state index is 0.286. The van der Waals surface area contributed by atoms with Crippen molar-refractivity contribution in [1.29, 1.82) is 0 Å². The minimum Gasteiger partial charge on any atom is -0.497 e. The maximum absolute atomic E-state index is 12.7. The Morgan fingerprint density at radius 3 is 2.54 bits per heavy atom. The molecule has 0 atom stereocenters. The number of oxazole rings is 1. The van der Waals surface area contributed by atoms with Crippen LogP contribution in [0.4, 0.5) is 5.69 Å². The van der Waals surface area contributed by atoms with Crippen molar-refractivity contribution in [2.24, 2.45) is 0 Å². The minimum atomic E-state index is -0.286. The van der Waals surface area contributed by atoms with Crippen molar-refractivity contribution in [3.05, 3.63) is 72.3 Å². The Bertz CT molecular complexity index is 1140. The molecule has 4 aromatic rings. The smallest absolute Gasteiger partial charge is 0.259 e. The van der Waals surface area contributed by atoms with Crippen LogP contribution in [0, 0.1) is 0 Å². The summed E-state index contributed by atoms with van der Waals surface area (Å²) in [6, 6.07) is 20.0. The molecule has 6 nitrogen and oxygen atoms in total. The third-order valence-electron chi connectivity index (χ3n) is 4.32. The second kappa shape index (κ2) is 7.44. The van der Waals surface area contributed by atoms with Gasteiger partial charge in [-0.15, -0.1) is 0 Å². The molecule has 0 aliphatic heterocycles. The predicted octanol–water partition coefficient (Wildman–Crippen LogP) is 4.76. The molecule has 0 unspecified atom stereocenters. The first kappa shape index (κ1) is 17.6. The second-order valence-electron chi connectivity index (χ2n) is 6.09. The van der Waals surface area contributed by atoms with Crippen molar-refractivity contribution < 1.29 is 18.7 Å². The number of amides is 1. The number of fused-ring (bicyclic) bond motifs is 1. The van der Waals surface area contributed by atoms with Gasteiger partial charge in [0.25, 0.3) is 5.91 Å². The first-order valence-electron chi connectivity index (χ1n) is 8.67. The van der Waals surface area contributed by atoms with E-state index >= 15 is 0 Å². The predicted molar refractivity (Wildman–Crippen MR) is 107 cm³/mol. The zero-order chi connectivity index (χ0) is 19.5. The normalized spacial score (nSPS) is 10.6. The summed E-state index contributed by atoms with van der Waals surface area (Å²) in [5.74, 6) is 1.30. The van der Waals surface area contributed by atoms with Gasteiger partial charge in [0, 0.05) is 17.3 Å². The maximum Gasteiger partial charge on any atom is 0.259 e. The van der Waals surface area contributed by atoms with Crippen LogP contribution < -0.4 is 14.8 Å². The molecule has 4 rings (SSSR count). The SMILES string of the molecule is COc1ccc(C(=O)Nc2ccc3oc(-c4ccccc4)nc3c2)c(OC)c1. The van der Waals surface area contributed by atoms with Gasteiger partial charge in [0.15, 0.2) is 5.58 Å². The molecule has 28 heavy (non-hydrogen) atoms. The molecule has 140 valence electrons. The number of carbonyl (C=O) groups excluding carboxylic acids is 1. The van der Waals surface area contributed by atoms with Gasteiger partial charge in [0.1, 0.15) is 17.0 Å². The monoisotopic (exact) mass is 374 g/mol. The fourth-order valence-electron chi connectivity index (χ4n) is 2.89. The lowest BCUT2D eigenvalue weighted by molar-refractivity contribution is 0.102. The van der Waals surface area contributed by atoms with Crippen LogP contribution in [0.5, 0.6) is 11.5 Å². The highest BCUT2D eigenvalue weighted by Crippen LogP contribution is 2.28. The van der Waals surface area contributed by atoms with E-state index < -0.39 is 0 Å². The number of aromatic nitrogens is 1. The van der Waals surface area contributed by atoms with E-state index in [1.165, 1.54) is 7.11 Å². The van der Waals surface area contributed by atoms with Crippen LogP contribution in [0.1, 0.15) is 10.4 Å². The molecule has 6 heteroatoms. The van der Waals surface area contributed by atoms with Gasteiger partial charge >= 0.3 is 0 Å². The summed E-state index contributed by atoms with van der Waals surface area (Å²) >= 11 is 0. The van der Waals surface area contributed by atoms with E-state index in [1.807, 2.05) is 30.3 Å². The molecule has 0 spiro atoms. The standard InChI is InChI=1S/C22H18N2O4/c1-26-16-9-10-17(20(13-16)27-2)21(25)23-15-8-11-19-18(12-15)24-22(28-19)14-6-4-3-5-7-14/h3-13H,1-2H3,(H,23,25). The van der Waals surface area contributed by atoms with E-state index in [0.29, 0.717) is 39.7 Å². The molecule has 0 radical (unpaired) electrons. The maximum atomic E-state index is 12.7. The number of ether oxygens (including phenoxy) is 2. The Morgan fingerprint density at radius 1 is 0.964 bits per heavy atom. The first-order chi connectivity index (χ1) is 13.7. The number of anilines is 1. The number of nitrogens with zero attached hydrogens (tertiary/aromatic N) is 1. The number of carbonyl (C=O) groups is 1. The molecule has 1 heterocycles. The highest BCUT2D eigenvalue weighted by Gasteiger charge is 2.15. The number of benzene rings is 3. The van der Waals surface area contributed by atoms with Gasteiger partial charge in [-0.1, -0.05) is 18.2 Å². The van der Waals surface area contributed by atoms with Gasteiger partial charge in [0.05, 0.1) is 19.8 Å². The quantitative estimate of drug-likeness (QED) is 0.545. The van der Waals surface area contributed by atoms with Crippen LogP contribution in [0.15, 0.2) is 71.1 Å². The Hall–Kier alpha value is -3.80. The first-order valence-corrected chi connectivity index (χ1v) is 8.67. The van der Waals surface area contributed by atoms with Crippen molar-refractivity contribution in [3.8, 4) is 23.0 Å². The molecule has 1 aromatic heterocycles. The Morgan fingerprint density at radius 2 is 1.79 bits per heavy atom. The molecule has 0 saturated heterocycles. The average molecular weight is 374 g/mol. The van der Waals surface area contributed by atoms with Crippen molar-refractivity contribution in [1.82, 2.24) is 4.98 Å². The van der Waals surface area contributed by atoms with Crippen LogP contribution in [0.25, 0.3) is 22.6 Å². The van der Waals surface area contributed by atoms with E-state index in [1.54, 1.807) is 43.5 Å². The van der Waals surface area contributed by atoms with Gasteiger partial charge in [-0.2, -0.15) is 0 Å². The fourth-order valence-corrected chi connectivity index (χ4v) is 2.89. The largest absolute Gasteiger partial charge is 0.497 e. The zero-order valence-electron chi connectivity index (χ0n) is 15.4. The van der Waals surface area contributed by atoms with Gasteiger partial charge in [0.2, 0.25) is 5.89 Å². The molecule has 1 N–H and O–H groups in total. The van der Waals surface area contributed by atoms with Crippen LogP contribution in [-0.4, -0.2) is 25.1 Å². The molecule has 0 saturated carbocycles. The van der Waals surface area contributed by atoms with Crippen molar-refractivity contribution >= 4 is 22.7 Å². The summed E-state index contributed by atoms with van der Waals surface area (Å²) in [5, 5.41) is 2.87. The number of hydrogen-bond acceptors (Lipinski definition) is 5. The lowest BCUT2D eigenvalue weighted by atomic mass is 10.1. The zero-order valence-corrected chi connectivity index (χ0v) is 15.4. The van der Waals surface area contributed by atoms with Crippen molar-refractivity contribution in [3.63, 3.8) is 0 Å². The molecule has 1 amide bonds. The van der Waals surface area contributed by atoms with Gasteiger partial charge < -0.3 is 19.2 Å². The summed E-state index contributed by atoms with van der Waals surface area (Å²) in [7, 11) is 3.07. The van der Waals surface area contributed by atoms with Crippen LogP contribution in [0.2, 0.25) is 0 Å². The van der Waals surface area contributed by atoms with Gasteiger partial charge in [-0.3, -0.25) is 4.79 Å². The lowest BCUT2D eigenvalue weighted by Crippen LogP contribution is -2.13. The lowest BCUT2D eigenvalue weighted by Gasteiger charge is -2.10. The van der Waals surface area contributed by atoms with E-state index in [4.69, 9.17) is 13.9 Å².